The summed E-state index contributed by atoms with van der Waals surface area (Å²) in [6, 6.07) is -4.25. The van der Waals surface area contributed by atoms with Gasteiger partial charge in [0.1, 0.15) is 12.3 Å². The zero-order chi connectivity index (χ0) is 29.5. The maximum atomic E-state index is 10.6. The van der Waals surface area contributed by atoms with Gasteiger partial charge in [0.05, 0.1) is 32.7 Å². The van der Waals surface area contributed by atoms with E-state index in [1.807, 2.05) is 0 Å². The molecule has 4 nitrogen and oxygen atoms in total. The molecule has 0 spiro atoms. The molecule has 0 aromatic heterocycles. The fourth-order valence-corrected chi connectivity index (χ4v) is 1.77. The summed E-state index contributed by atoms with van der Waals surface area (Å²) in [5.41, 5.74) is -0.653. The van der Waals surface area contributed by atoms with Crippen molar-refractivity contribution in [1.82, 2.24) is 0 Å². The van der Waals surface area contributed by atoms with Crippen LogP contribution in [0.15, 0.2) is 42.3 Å². The second-order valence-corrected chi connectivity index (χ2v) is 4.77. The van der Waals surface area contributed by atoms with Gasteiger partial charge in [0, 0.05) is 5.48 Å². The second-order valence-electron chi connectivity index (χ2n) is 4.77. The highest BCUT2D eigenvalue weighted by atomic mass is 16.5. The summed E-state index contributed by atoms with van der Waals surface area (Å²) in [4.78, 5) is 0. The Balaban J connectivity index is 2.38. The Morgan fingerprint density at radius 3 is 2.64 bits per heavy atom. The van der Waals surface area contributed by atoms with E-state index in [1.54, 1.807) is 0 Å². The molecule has 0 fully saturated rings. The van der Waals surface area contributed by atoms with Crippen molar-refractivity contribution in [3.63, 3.8) is 0 Å². The van der Waals surface area contributed by atoms with Gasteiger partial charge in [-0.3, -0.25) is 0 Å². The summed E-state index contributed by atoms with van der Waals surface area (Å²) in [5.74, 6) is -1.30. The lowest BCUT2D eigenvalue weighted by molar-refractivity contribution is 0.0976. The van der Waals surface area contributed by atoms with Gasteiger partial charge in [-0.25, -0.2) is 0 Å². The normalized spacial score (nSPS) is 21.0. The maximum Gasteiger partial charge on any atom is 0.160 e. The van der Waals surface area contributed by atoms with E-state index in [4.69, 9.17) is 32.0 Å². The van der Waals surface area contributed by atoms with Crippen molar-refractivity contribution < 1.29 is 37.1 Å². The summed E-state index contributed by atoms with van der Waals surface area (Å²) in [7, 11) is 2.36. The Kier molecular flexibility index (Phi) is 3.18. The molecule has 25 heavy (non-hydrogen) atoms. The molecule has 0 aliphatic carbocycles. The Morgan fingerprint density at radius 2 is 1.88 bits per heavy atom. The number of methoxy groups -OCH3 is 2. The van der Waals surface area contributed by atoms with Gasteiger partial charge in [-0.1, -0.05) is 24.5 Å². The molecule has 0 bridgehead atoms. The van der Waals surface area contributed by atoms with E-state index >= 15 is 0 Å². The lowest BCUT2D eigenvalue weighted by atomic mass is 10.0. The number of hydrogen-bond donors (Lipinski definition) is 1. The van der Waals surface area contributed by atoms with Crippen molar-refractivity contribution in [2.75, 3.05) is 20.8 Å². The Bertz CT molecular complexity index is 1190. The molecule has 136 valence electrons. The predicted molar refractivity (Wildman–Crippen MR) is 99.8 cm³/mol. The molecule has 0 amide bonds. The first kappa shape index (κ1) is 8.00. The van der Waals surface area contributed by atoms with E-state index in [9.17, 15) is 5.11 Å². The molecule has 2 rings (SSSR count). The third-order valence-electron chi connectivity index (χ3n) is 2.92. The van der Waals surface area contributed by atoms with E-state index in [0.717, 1.165) is 0 Å². The number of benzene rings is 2. The van der Waals surface area contributed by atoms with Crippen LogP contribution in [0.25, 0.3) is 0 Å². The van der Waals surface area contributed by atoms with Gasteiger partial charge >= 0.3 is 0 Å². The Hall–Kier alpha value is -2.20. The average Bonchev–Trinajstić information content (AvgIpc) is 2.84. The van der Waals surface area contributed by atoms with Crippen LogP contribution in [-0.4, -0.2) is 32.0 Å². The standard InChI is InChI=1S/C21H28O4/c1-16-7-6-10-19(13-16)25-15-18(22)9-5-4-8-17-11-12-20(23-2)21(14-17)24-3/h6-7,10-14,18,22H,4-5,8-9,15H2,1-3H3/i6D,7D,8D2,9D2,10D,11D,12D,13D,14D,15D2. The summed E-state index contributed by atoms with van der Waals surface area (Å²) in [6.07, 6.45) is -9.61. The van der Waals surface area contributed by atoms with Crippen LogP contribution in [-0.2, 0) is 6.37 Å². The molecule has 0 heterocycles. The minimum absolute atomic E-state index is 0.0800. The van der Waals surface area contributed by atoms with Gasteiger partial charge in [0.15, 0.2) is 11.5 Å². The topological polar surface area (TPSA) is 47.9 Å². The first-order valence-corrected chi connectivity index (χ1v) is 7.43. The molecule has 0 saturated heterocycles. The maximum absolute atomic E-state index is 10.6. The van der Waals surface area contributed by atoms with Crippen molar-refractivity contribution in [2.45, 2.75) is 38.6 Å². The molecule has 1 unspecified atom stereocenters. The van der Waals surface area contributed by atoms with Crippen LogP contribution in [0.3, 0.4) is 0 Å². The molecule has 2 aromatic carbocycles. The number of aliphatic hydroxyl groups is 1. The molecular weight excluding hydrogens is 316 g/mol. The quantitative estimate of drug-likeness (QED) is 0.693. The highest BCUT2D eigenvalue weighted by Crippen LogP contribution is 2.28. The molecule has 0 saturated carbocycles. The first-order valence-electron chi connectivity index (χ1n) is 13.9. The number of hydrogen-bond acceptors (Lipinski definition) is 4. The van der Waals surface area contributed by atoms with Crippen molar-refractivity contribution in [1.29, 1.82) is 0 Å². The summed E-state index contributed by atoms with van der Waals surface area (Å²) >= 11 is 0. The molecule has 0 aliphatic rings. The van der Waals surface area contributed by atoms with Gasteiger partial charge in [0.2, 0.25) is 0 Å². The smallest absolute Gasteiger partial charge is 0.160 e. The van der Waals surface area contributed by atoms with E-state index in [-0.39, 0.29) is 17.1 Å². The van der Waals surface area contributed by atoms with Crippen LogP contribution in [0.1, 0.15) is 48.2 Å². The summed E-state index contributed by atoms with van der Waals surface area (Å²) in [5, 5.41) is 10.6. The number of aliphatic hydroxyl groups excluding tert-OH is 1. The fourth-order valence-electron chi connectivity index (χ4n) is 1.77. The van der Waals surface area contributed by atoms with E-state index in [0.29, 0.717) is 0 Å². The van der Waals surface area contributed by atoms with Gasteiger partial charge < -0.3 is 19.3 Å². The van der Waals surface area contributed by atoms with Crippen LogP contribution in [0.4, 0.5) is 0 Å². The van der Waals surface area contributed by atoms with E-state index < -0.39 is 91.9 Å². The van der Waals surface area contributed by atoms with Crippen LogP contribution >= 0.6 is 0 Å². The Morgan fingerprint density at radius 1 is 1.08 bits per heavy atom. The monoisotopic (exact) mass is 357 g/mol. The minimum atomic E-state index is -3.25. The lowest BCUT2D eigenvalue weighted by Gasteiger charge is -2.13. The largest absolute Gasteiger partial charge is 0.493 e. The van der Waals surface area contributed by atoms with Crippen molar-refractivity contribution >= 4 is 0 Å². The van der Waals surface area contributed by atoms with Crippen molar-refractivity contribution in [2.24, 2.45) is 0 Å². The minimum Gasteiger partial charge on any atom is -0.493 e. The van der Waals surface area contributed by atoms with E-state index in [2.05, 4.69) is 0 Å². The van der Waals surface area contributed by atoms with Crippen molar-refractivity contribution in [3.8, 4) is 17.2 Å². The highest BCUT2D eigenvalue weighted by molar-refractivity contribution is 5.42. The van der Waals surface area contributed by atoms with Crippen LogP contribution in [0, 0.1) is 6.92 Å². The van der Waals surface area contributed by atoms with E-state index in [1.165, 1.54) is 21.1 Å². The summed E-state index contributed by atoms with van der Waals surface area (Å²) < 4.78 is 120. The fraction of sp³-hybridized carbons (Fsp3) is 0.429. The van der Waals surface area contributed by atoms with Crippen molar-refractivity contribution in [3.05, 3.63) is 53.4 Å². The molecular formula is C21H28O4. The van der Waals surface area contributed by atoms with Gasteiger partial charge in [0.25, 0.3) is 0 Å². The van der Waals surface area contributed by atoms with Gasteiger partial charge in [-0.05, 0) is 61.4 Å². The average molecular weight is 358 g/mol. The molecule has 1 atom stereocenters. The Labute approximate surface area is 168 Å². The molecule has 4 heteroatoms. The van der Waals surface area contributed by atoms with Gasteiger partial charge in [-0.2, -0.15) is 0 Å². The number of rotatable bonds is 10. The lowest BCUT2D eigenvalue weighted by Crippen LogP contribution is -2.17. The van der Waals surface area contributed by atoms with Gasteiger partial charge in [-0.15, -0.1) is 0 Å². The third-order valence-corrected chi connectivity index (χ3v) is 2.92. The highest BCUT2D eigenvalue weighted by Gasteiger charge is 2.07. The third kappa shape index (κ3) is 6.31. The van der Waals surface area contributed by atoms with Crippen LogP contribution in [0.5, 0.6) is 17.2 Å². The van der Waals surface area contributed by atoms with Crippen LogP contribution < -0.4 is 14.2 Å². The SMILES string of the molecule is [2H]c1c([2H])c(C)c([2H])c(OC([2H])([2H])C(O)C([2H])([2H])CCC([2H])([2H])c2c([2H])c([2H])c(OC)c(OC)c2[2H])c1[2H]. The van der Waals surface area contributed by atoms with Crippen LogP contribution in [0.2, 0.25) is 0 Å². The zero-order valence-corrected chi connectivity index (χ0v) is 14.2. The second kappa shape index (κ2) is 9.94. The molecule has 0 radical (unpaired) electrons. The number of ether oxygens (including phenoxy) is 3. The molecule has 2 aromatic rings. The first-order chi connectivity index (χ1) is 17.3. The summed E-state index contributed by atoms with van der Waals surface area (Å²) in [6.45, 7) is -1.96. The predicted octanol–water partition coefficient (Wildman–Crippen LogP) is 4.16. The zero-order valence-electron chi connectivity index (χ0n) is 27.2. The molecule has 1 N–H and O–H groups in total. The molecule has 0 aliphatic heterocycles.